The molecule has 1 aromatic rings. The summed E-state index contributed by atoms with van der Waals surface area (Å²) in [4.78, 5) is 13.9. The number of hydrogen-bond acceptors (Lipinski definition) is 3. The molecule has 0 aliphatic heterocycles. The number of rotatable bonds is 7. The maximum absolute atomic E-state index is 12.3. The van der Waals surface area contributed by atoms with Crippen LogP contribution < -0.4 is 4.74 Å². The average molecular weight is 300 g/mol. The fraction of sp³-hybridized carbons (Fsp3) is 0.533. The normalized spacial score (nSPS) is 12.1. The zero-order valence-corrected chi connectivity index (χ0v) is 13.0. The highest BCUT2D eigenvalue weighted by molar-refractivity contribution is 6.30. The highest BCUT2D eigenvalue weighted by Gasteiger charge is 2.21. The fourth-order valence-electron chi connectivity index (χ4n) is 1.93. The molecule has 0 saturated carbocycles. The van der Waals surface area contributed by atoms with Crippen molar-refractivity contribution in [2.75, 3.05) is 19.7 Å². The van der Waals surface area contributed by atoms with Gasteiger partial charge in [-0.3, -0.25) is 4.79 Å². The van der Waals surface area contributed by atoms with Gasteiger partial charge in [-0.1, -0.05) is 11.6 Å². The molecule has 0 bridgehead atoms. The van der Waals surface area contributed by atoms with Crippen LogP contribution in [0.25, 0.3) is 0 Å². The molecule has 0 aliphatic rings. The minimum Gasteiger partial charge on any atom is -0.481 e. The number of benzene rings is 1. The van der Waals surface area contributed by atoms with Crippen LogP contribution in [0.5, 0.6) is 5.75 Å². The second-order valence-electron chi connectivity index (χ2n) is 4.66. The Hall–Kier alpha value is -1.26. The van der Waals surface area contributed by atoms with E-state index in [1.807, 2.05) is 13.8 Å². The van der Waals surface area contributed by atoms with E-state index >= 15 is 0 Å². The van der Waals surface area contributed by atoms with Crippen LogP contribution in [0.1, 0.15) is 25.8 Å². The Bertz CT molecular complexity index is 451. The summed E-state index contributed by atoms with van der Waals surface area (Å²) < 4.78 is 5.71. The number of carbonyl (C=O) groups is 1. The van der Waals surface area contributed by atoms with Crippen molar-refractivity contribution in [3.05, 3.63) is 28.8 Å². The highest BCUT2D eigenvalue weighted by atomic mass is 35.5. The van der Waals surface area contributed by atoms with Crippen molar-refractivity contribution in [1.82, 2.24) is 4.90 Å². The first-order chi connectivity index (χ1) is 9.49. The number of amides is 1. The lowest BCUT2D eigenvalue weighted by atomic mass is 10.2. The van der Waals surface area contributed by atoms with E-state index < -0.39 is 6.10 Å². The summed E-state index contributed by atoms with van der Waals surface area (Å²) in [7, 11) is 0. The summed E-state index contributed by atoms with van der Waals surface area (Å²) in [6, 6.07) is 5.31. The van der Waals surface area contributed by atoms with E-state index in [9.17, 15) is 4.79 Å². The van der Waals surface area contributed by atoms with Crippen molar-refractivity contribution in [2.45, 2.75) is 33.3 Å². The Morgan fingerprint density at radius 2 is 2.20 bits per heavy atom. The molecule has 5 heteroatoms. The van der Waals surface area contributed by atoms with Crippen LogP contribution in [0.4, 0.5) is 0 Å². The number of aryl methyl sites for hydroxylation is 1. The van der Waals surface area contributed by atoms with Gasteiger partial charge in [0.2, 0.25) is 0 Å². The fourth-order valence-corrected chi connectivity index (χ4v) is 2.16. The molecule has 1 rings (SSSR count). The standard InChI is InChI=1S/C15H22ClNO3/c1-4-17(8-5-9-18)15(19)12(3)20-14-7-6-13(16)10-11(14)2/h6-7,10,12,18H,4-5,8-9H2,1-3H3. The van der Waals surface area contributed by atoms with Gasteiger partial charge in [0, 0.05) is 24.7 Å². The van der Waals surface area contributed by atoms with Gasteiger partial charge in [-0.2, -0.15) is 0 Å². The van der Waals surface area contributed by atoms with E-state index in [-0.39, 0.29) is 12.5 Å². The molecule has 0 aromatic heterocycles. The Balaban J connectivity index is 2.68. The third-order valence-electron chi connectivity index (χ3n) is 3.07. The largest absolute Gasteiger partial charge is 0.481 e. The minimum atomic E-state index is -0.562. The van der Waals surface area contributed by atoms with Gasteiger partial charge in [0.25, 0.3) is 5.91 Å². The maximum Gasteiger partial charge on any atom is 0.263 e. The topological polar surface area (TPSA) is 49.8 Å². The molecule has 1 aromatic carbocycles. The Morgan fingerprint density at radius 1 is 1.50 bits per heavy atom. The van der Waals surface area contributed by atoms with E-state index in [0.717, 1.165) is 5.56 Å². The van der Waals surface area contributed by atoms with Gasteiger partial charge < -0.3 is 14.7 Å². The van der Waals surface area contributed by atoms with Gasteiger partial charge in [0.15, 0.2) is 6.10 Å². The minimum absolute atomic E-state index is 0.0738. The number of aliphatic hydroxyl groups is 1. The van der Waals surface area contributed by atoms with Gasteiger partial charge in [0.1, 0.15) is 5.75 Å². The van der Waals surface area contributed by atoms with Crippen molar-refractivity contribution in [3.8, 4) is 5.75 Å². The number of likely N-dealkylation sites (N-methyl/N-ethyl adjacent to an activating group) is 1. The monoisotopic (exact) mass is 299 g/mol. The first-order valence-corrected chi connectivity index (χ1v) is 7.19. The molecule has 0 radical (unpaired) electrons. The van der Waals surface area contributed by atoms with Gasteiger partial charge in [-0.25, -0.2) is 0 Å². The lowest BCUT2D eigenvalue weighted by molar-refractivity contribution is -0.137. The number of hydrogen-bond donors (Lipinski definition) is 1. The first kappa shape index (κ1) is 16.8. The second-order valence-corrected chi connectivity index (χ2v) is 5.10. The maximum atomic E-state index is 12.3. The molecule has 1 amide bonds. The first-order valence-electron chi connectivity index (χ1n) is 6.82. The van der Waals surface area contributed by atoms with Crippen LogP contribution in [-0.2, 0) is 4.79 Å². The van der Waals surface area contributed by atoms with Crippen LogP contribution in [0, 0.1) is 6.92 Å². The second kappa shape index (κ2) is 8.12. The molecule has 0 fully saturated rings. The summed E-state index contributed by atoms with van der Waals surface area (Å²) in [6.45, 7) is 6.76. The number of halogens is 1. The van der Waals surface area contributed by atoms with Crippen molar-refractivity contribution < 1.29 is 14.6 Å². The molecule has 1 N–H and O–H groups in total. The molecule has 112 valence electrons. The van der Waals surface area contributed by atoms with E-state index in [1.54, 1.807) is 30.0 Å². The Kier molecular flexibility index (Phi) is 6.82. The summed E-state index contributed by atoms with van der Waals surface area (Å²) in [5.74, 6) is 0.587. The van der Waals surface area contributed by atoms with E-state index in [1.165, 1.54) is 0 Å². The average Bonchev–Trinajstić information content (AvgIpc) is 2.42. The molecular weight excluding hydrogens is 278 g/mol. The smallest absolute Gasteiger partial charge is 0.263 e. The van der Waals surface area contributed by atoms with E-state index in [4.69, 9.17) is 21.4 Å². The number of aliphatic hydroxyl groups excluding tert-OH is 1. The van der Waals surface area contributed by atoms with Crippen molar-refractivity contribution in [1.29, 1.82) is 0 Å². The molecule has 20 heavy (non-hydrogen) atoms. The molecular formula is C15H22ClNO3. The van der Waals surface area contributed by atoms with Gasteiger partial charge in [0.05, 0.1) is 0 Å². The van der Waals surface area contributed by atoms with Crippen molar-refractivity contribution in [2.24, 2.45) is 0 Å². The van der Waals surface area contributed by atoms with E-state index in [2.05, 4.69) is 0 Å². The van der Waals surface area contributed by atoms with Gasteiger partial charge >= 0.3 is 0 Å². The summed E-state index contributed by atoms with van der Waals surface area (Å²) in [5.41, 5.74) is 0.899. The zero-order chi connectivity index (χ0) is 15.1. The van der Waals surface area contributed by atoms with Crippen molar-refractivity contribution >= 4 is 17.5 Å². The molecule has 1 atom stereocenters. The highest BCUT2D eigenvalue weighted by Crippen LogP contribution is 2.23. The molecule has 0 saturated heterocycles. The predicted octanol–water partition coefficient (Wildman–Crippen LogP) is 2.65. The molecule has 0 aliphatic carbocycles. The van der Waals surface area contributed by atoms with Gasteiger partial charge in [-0.05, 0) is 51.0 Å². The summed E-state index contributed by atoms with van der Waals surface area (Å²) >= 11 is 5.89. The van der Waals surface area contributed by atoms with Gasteiger partial charge in [-0.15, -0.1) is 0 Å². The number of nitrogens with zero attached hydrogens (tertiary/aromatic N) is 1. The zero-order valence-electron chi connectivity index (χ0n) is 12.2. The molecule has 0 heterocycles. The van der Waals surface area contributed by atoms with Crippen LogP contribution in [-0.4, -0.2) is 41.7 Å². The molecule has 0 spiro atoms. The lowest BCUT2D eigenvalue weighted by Gasteiger charge is -2.25. The number of carbonyl (C=O) groups excluding carboxylic acids is 1. The quantitative estimate of drug-likeness (QED) is 0.842. The lowest BCUT2D eigenvalue weighted by Crippen LogP contribution is -2.41. The SMILES string of the molecule is CCN(CCCO)C(=O)C(C)Oc1ccc(Cl)cc1C. The van der Waals surface area contributed by atoms with Crippen LogP contribution in [0.2, 0.25) is 5.02 Å². The summed E-state index contributed by atoms with van der Waals surface area (Å²) in [5, 5.41) is 9.49. The third-order valence-corrected chi connectivity index (χ3v) is 3.30. The predicted molar refractivity (Wildman–Crippen MR) is 80.2 cm³/mol. The Morgan fingerprint density at radius 3 is 2.75 bits per heavy atom. The Labute approximate surface area is 125 Å². The van der Waals surface area contributed by atoms with Crippen LogP contribution >= 0.6 is 11.6 Å². The molecule has 1 unspecified atom stereocenters. The van der Waals surface area contributed by atoms with Crippen LogP contribution in [0.15, 0.2) is 18.2 Å². The van der Waals surface area contributed by atoms with E-state index in [0.29, 0.717) is 30.3 Å². The number of ether oxygens (including phenoxy) is 1. The van der Waals surface area contributed by atoms with Crippen LogP contribution in [0.3, 0.4) is 0 Å². The molecule has 4 nitrogen and oxygen atoms in total. The summed E-state index contributed by atoms with van der Waals surface area (Å²) in [6.07, 6.45) is 0.0141. The third kappa shape index (κ3) is 4.69. The van der Waals surface area contributed by atoms with Crippen molar-refractivity contribution in [3.63, 3.8) is 0 Å².